The fraction of sp³-hybridized carbons (Fsp3) is 0.118. The Balaban J connectivity index is 1.37. The van der Waals surface area contributed by atoms with E-state index in [4.69, 9.17) is 42.1 Å². The SMILES string of the molecule is CCOc1cc(C=Nn2c(-c3cc4cc(Cl)ccc4o3)nc3ccccc3c2=O)c(Br)c(Cl)c1OCC(=O)Nc1ccccc1C. The molecule has 6 aromatic rings. The zero-order valence-electron chi connectivity index (χ0n) is 24.5. The maximum Gasteiger partial charge on any atom is 0.282 e. The lowest BCUT2D eigenvalue weighted by molar-refractivity contribution is -0.118. The van der Waals surface area contributed by atoms with Crippen LogP contribution in [-0.2, 0) is 4.79 Å². The molecular weight excluding hydrogens is 695 g/mol. The highest BCUT2D eigenvalue weighted by Gasteiger charge is 2.20. The molecule has 0 spiro atoms. The third-order valence-corrected chi connectivity index (χ3v) is 8.67. The van der Waals surface area contributed by atoms with Crippen molar-refractivity contribution in [2.75, 3.05) is 18.5 Å². The quantitative estimate of drug-likeness (QED) is 0.150. The number of fused-ring (bicyclic) bond motifs is 2. The molecule has 0 radical (unpaired) electrons. The van der Waals surface area contributed by atoms with Crippen LogP contribution in [0.2, 0.25) is 10.0 Å². The van der Waals surface area contributed by atoms with E-state index in [1.54, 1.807) is 54.6 Å². The highest BCUT2D eigenvalue weighted by atomic mass is 79.9. The van der Waals surface area contributed by atoms with E-state index >= 15 is 0 Å². The van der Waals surface area contributed by atoms with Crippen molar-refractivity contribution in [3.8, 4) is 23.1 Å². The molecule has 232 valence electrons. The predicted molar refractivity (Wildman–Crippen MR) is 185 cm³/mol. The minimum atomic E-state index is -0.401. The number of anilines is 1. The molecule has 0 saturated heterocycles. The maximum atomic E-state index is 13.7. The van der Waals surface area contributed by atoms with Crippen molar-refractivity contribution in [1.82, 2.24) is 9.66 Å². The summed E-state index contributed by atoms with van der Waals surface area (Å²) in [5.74, 6) is 0.632. The summed E-state index contributed by atoms with van der Waals surface area (Å²) >= 11 is 16.4. The van der Waals surface area contributed by atoms with Crippen LogP contribution in [0.1, 0.15) is 18.1 Å². The number of rotatable bonds is 9. The first-order valence-electron chi connectivity index (χ1n) is 14.1. The first kappa shape index (κ1) is 31.3. The number of halogens is 3. The molecule has 1 amide bonds. The molecule has 0 atom stereocenters. The van der Waals surface area contributed by atoms with Crippen LogP contribution in [0.15, 0.2) is 97.6 Å². The third-order valence-electron chi connectivity index (χ3n) is 6.99. The lowest BCUT2D eigenvalue weighted by atomic mass is 10.2. The van der Waals surface area contributed by atoms with E-state index in [1.807, 2.05) is 38.1 Å². The lowest BCUT2D eigenvalue weighted by Gasteiger charge is -2.16. The van der Waals surface area contributed by atoms with Gasteiger partial charge in [-0.25, -0.2) is 4.98 Å². The van der Waals surface area contributed by atoms with Crippen molar-refractivity contribution < 1.29 is 18.7 Å². The van der Waals surface area contributed by atoms with Crippen LogP contribution in [0, 0.1) is 6.92 Å². The molecule has 46 heavy (non-hydrogen) atoms. The van der Waals surface area contributed by atoms with Crippen molar-refractivity contribution >= 4 is 78.8 Å². The van der Waals surface area contributed by atoms with Crippen LogP contribution in [-0.4, -0.2) is 35.0 Å². The van der Waals surface area contributed by atoms with Crippen LogP contribution in [0.25, 0.3) is 33.5 Å². The number of amides is 1. The van der Waals surface area contributed by atoms with E-state index in [0.717, 1.165) is 10.9 Å². The molecule has 2 aromatic heterocycles. The van der Waals surface area contributed by atoms with E-state index in [1.165, 1.54) is 10.9 Å². The van der Waals surface area contributed by atoms with Crippen molar-refractivity contribution in [1.29, 1.82) is 0 Å². The second kappa shape index (κ2) is 13.4. The van der Waals surface area contributed by atoms with Crippen molar-refractivity contribution in [2.45, 2.75) is 13.8 Å². The van der Waals surface area contributed by atoms with E-state index < -0.39 is 5.56 Å². The Hall–Kier alpha value is -4.64. The number of carbonyl (C=O) groups excluding carboxylic acids is 1. The molecule has 0 bridgehead atoms. The number of para-hydroxylation sites is 2. The lowest BCUT2D eigenvalue weighted by Crippen LogP contribution is -2.21. The average Bonchev–Trinajstić information content (AvgIpc) is 3.47. The highest BCUT2D eigenvalue weighted by molar-refractivity contribution is 9.10. The zero-order chi connectivity index (χ0) is 32.4. The van der Waals surface area contributed by atoms with Gasteiger partial charge in [0.05, 0.1) is 23.7 Å². The molecular formula is C34H25BrCl2N4O5. The summed E-state index contributed by atoms with van der Waals surface area (Å²) in [4.78, 5) is 31.1. The Labute approximate surface area is 281 Å². The molecule has 2 heterocycles. The van der Waals surface area contributed by atoms with Gasteiger partial charge in [-0.3, -0.25) is 9.59 Å². The number of hydrogen-bond donors (Lipinski definition) is 1. The number of aryl methyl sites for hydroxylation is 1. The van der Waals surface area contributed by atoms with Gasteiger partial charge in [-0.15, -0.1) is 0 Å². The Kier molecular flexibility index (Phi) is 9.12. The molecule has 0 aliphatic carbocycles. The third kappa shape index (κ3) is 6.37. The van der Waals surface area contributed by atoms with Gasteiger partial charge in [0, 0.05) is 26.1 Å². The summed E-state index contributed by atoms with van der Waals surface area (Å²) in [6, 6.07) is 23.1. The van der Waals surface area contributed by atoms with Gasteiger partial charge in [-0.05, 0) is 83.9 Å². The number of benzene rings is 4. The van der Waals surface area contributed by atoms with E-state index in [-0.39, 0.29) is 29.1 Å². The summed E-state index contributed by atoms with van der Waals surface area (Å²) in [6.45, 7) is 3.70. The first-order chi connectivity index (χ1) is 22.2. The number of nitrogens with one attached hydrogen (secondary N) is 1. The zero-order valence-corrected chi connectivity index (χ0v) is 27.6. The normalized spacial score (nSPS) is 11.4. The molecule has 4 aromatic carbocycles. The van der Waals surface area contributed by atoms with Gasteiger partial charge in [-0.2, -0.15) is 9.78 Å². The average molecular weight is 720 g/mol. The van der Waals surface area contributed by atoms with Gasteiger partial charge in [-0.1, -0.05) is 53.5 Å². The number of furan rings is 1. The Morgan fingerprint density at radius 2 is 1.85 bits per heavy atom. The summed E-state index contributed by atoms with van der Waals surface area (Å²) < 4.78 is 19.3. The maximum absolute atomic E-state index is 13.7. The minimum absolute atomic E-state index is 0.162. The van der Waals surface area contributed by atoms with E-state index in [0.29, 0.717) is 55.3 Å². The van der Waals surface area contributed by atoms with Crippen LogP contribution >= 0.6 is 39.1 Å². The van der Waals surface area contributed by atoms with Crippen LogP contribution < -0.4 is 20.3 Å². The van der Waals surface area contributed by atoms with E-state index in [2.05, 4.69) is 26.3 Å². The number of hydrogen-bond acceptors (Lipinski definition) is 7. The van der Waals surface area contributed by atoms with Gasteiger partial charge in [0.1, 0.15) is 10.6 Å². The second-order valence-electron chi connectivity index (χ2n) is 10.1. The Morgan fingerprint density at radius 3 is 2.65 bits per heavy atom. The molecule has 9 nitrogen and oxygen atoms in total. The summed E-state index contributed by atoms with van der Waals surface area (Å²) in [7, 11) is 0. The number of ether oxygens (including phenoxy) is 2. The van der Waals surface area contributed by atoms with Gasteiger partial charge in [0.15, 0.2) is 23.9 Å². The monoisotopic (exact) mass is 718 g/mol. The summed E-state index contributed by atoms with van der Waals surface area (Å²) in [5, 5.41) is 9.20. The smallest absolute Gasteiger partial charge is 0.282 e. The molecule has 12 heteroatoms. The molecule has 0 unspecified atom stereocenters. The largest absolute Gasteiger partial charge is 0.490 e. The first-order valence-corrected chi connectivity index (χ1v) is 15.7. The fourth-order valence-corrected chi connectivity index (χ4v) is 5.60. The Morgan fingerprint density at radius 1 is 1.07 bits per heavy atom. The van der Waals surface area contributed by atoms with Gasteiger partial charge in [0.2, 0.25) is 5.82 Å². The minimum Gasteiger partial charge on any atom is -0.490 e. The van der Waals surface area contributed by atoms with Crippen molar-refractivity contribution in [2.24, 2.45) is 5.10 Å². The van der Waals surface area contributed by atoms with Gasteiger partial charge < -0.3 is 19.2 Å². The van der Waals surface area contributed by atoms with Gasteiger partial charge >= 0.3 is 0 Å². The topological polar surface area (TPSA) is 108 Å². The van der Waals surface area contributed by atoms with Crippen molar-refractivity contribution in [3.63, 3.8) is 0 Å². The second-order valence-corrected chi connectivity index (χ2v) is 11.7. The van der Waals surface area contributed by atoms with Gasteiger partial charge in [0.25, 0.3) is 11.5 Å². The molecule has 6 rings (SSSR count). The predicted octanol–water partition coefficient (Wildman–Crippen LogP) is 8.49. The summed E-state index contributed by atoms with van der Waals surface area (Å²) in [5.41, 5.74) is 2.75. The molecule has 0 aliphatic rings. The summed E-state index contributed by atoms with van der Waals surface area (Å²) in [6.07, 6.45) is 1.45. The van der Waals surface area contributed by atoms with Crippen molar-refractivity contribution in [3.05, 3.63) is 115 Å². The Bertz CT molecular complexity index is 2210. The molecule has 0 saturated carbocycles. The standard InChI is InChI=1S/C34H25BrCl2N4O5/c1-3-44-27-16-21(30(35)31(37)32(27)45-18-29(42)39-24-10-6-4-8-19(24)2)17-38-41-33(40-25-11-7-5-9-23(25)34(41)43)28-15-20-14-22(36)12-13-26(20)46-28/h4-17H,3,18H2,1-2H3,(H,39,42). The fourth-order valence-electron chi connectivity index (χ4n) is 4.77. The molecule has 0 aliphatic heterocycles. The molecule has 0 fully saturated rings. The number of nitrogens with zero attached hydrogens (tertiary/aromatic N) is 3. The highest BCUT2D eigenvalue weighted by Crippen LogP contribution is 2.42. The van der Waals surface area contributed by atoms with Crippen LogP contribution in [0.3, 0.4) is 0 Å². The number of aromatic nitrogens is 2. The molecule has 1 N–H and O–H groups in total. The van der Waals surface area contributed by atoms with E-state index in [9.17, 15) is 9.59 Å². The van der Waals surface area contributed by atoms with Crippen LogP contribution in [0.4, 0.5) is 5.69 Å². The number of carbonyl (C=O) groups is 1. The van der Waals surface area contributed by atoms with Crippen LogP contribution in [0.5, 0.6) is 11.5 Å².